The summed E-state index contributed by atoms with van der Waals surface area (Å²) < 4.78 is 26.7. The van der Waals surface area contributed by atoms with E-state index in [9.17, 15) is 18.0 Å². The molecule has 29 heavy (non-hydrogen) atoms. The second kappa shape index (κ2) is 8.51. The molecule has 3 rings (SSSR count). The van der Waals surface area contributed by atoms with Gasteiger partial charge in [0.15, 0.2) is 0 Å². The van der Waals surface area contributed by atoms with Crippen LogP contribution in [0.5, 0.6) is 0 Å². The molecule has 1 amide bonds. The summed E-state index contributed by atoms with van der Waals surface area (Å²) >= 11 is 0. The predicted octanol–water partition coefficient (Wildman–Crippen LogP) is 1.85. The minimum Gasteiger partial charge on any atom is -0.348 e. The number of nitrogens with one attached hydrogen (secondary N) is 1. The van der Waals surface area contributed by atoms with Gasteiger partial charge in [0, 0.05) is 26.4 Å². The largest absolute Gasteiger partial charge is 0.348 e. The number of carbonyl (C=O) groups excluding carboxylic acids is 1. The van der Waals surface area contributed by atoms with Crippen LogP contribution < -0.4 is 10.9 Å². The van der Waals surface area contributed by atoms with E-state index in [1.54, 1.807) is 0 Å². The van der Waals surface area contributed by atoms with E-state index in [4.69, 9.17) is 0 Å². The van der Waals surface area contributed by atoms with Gasteiger partial charge in [-0.2, -0.15) is 0 Å². The van der Waals surface area contributed by atoms with Gasteiger partial charge >= 0.3 is 0 Å². The van der Waals surface area contributed by atoms with Crippen molar-refractivity contribution in [2.24, 2.45) is 0 Å². The van der Waals surface area contributed by atoms with Crippen molar-refractivity contribution in [2.75, 3.05) is 14.1 Å². The van der Waals surface area contributed by atoms with Crippen LogP contribution in [0.15, 0.2) is 46.2 Å². The molecule has 1 aliphatic carbocycles. The zero-order valence-corrected chi connectivity index (χ0v) is 17.8. The number of benzene rings is 1. The van der Waals surface area contributed by atoms with Crippen molar-refractivity contribution in [3.8, 4) is 0 Å². The summed E-state index contributed by atoms with van der Waals surface area (Å²) in [5, 5.41) is 2.90. The number of aromatic nitrogens is 1. The van der Waals surface area contributed by atoms with Gasteiger partial charge in [0.25, 0.3) is 5.56 Å². The Labute approximate surface area is 171 Å². The molecule has 0 bridgehead atoms. The lowest BCUT2D eigenvalue weighted by Crippen LogP contribution is -2.34. The van der Waals surface area contributed by atoms with E-state index < -0.39 is 15.6 Å². The number of carbonyl (C=O) groups is 1. The predicted molar refractivity (Wildman–Crippen MR) is 111 cm³/mol. The first-order chi connectivity index (χ1) is 13.7. The Kier molecular flexibility index (Phi) is 6.24. The highest BCUT2D eigenvalue weighted by atomic mass is 32.2. The Hall–Kier alpha value is -2.45. The third-order valence-corrected chi connectivity index (χ3v) is 7.10. The maximum absolute atomic E-state index is 12.5. The average Bonchev–Trinajstić information content (AvgIpc) is 2.68. The molecular formula is C21H27N3O4S. The Morgan fingerprint density at radius 1 is 1.14 bits per heavy atom. The van der Waals surface area contributed by atoms with Crippen LogP contribution in [-0.4, -0.2) is 37.3 Å². The van der Waals surface area contributed by atoms with Crippen LogP contribution in [0.2, 0.25) is 0 Å². The average molecular weight is 418 g/mol. The zero-order chi connectivity index (χ0) is 21.2. The third-order valence-electron chi connectivity index (χ3n) is 5.30. The summed E-state index contributed by atoms with van der Waals surface area (Å²) in [4.78, 5) is 24.6. The van der Waals surface area contributed by atoms with Crippen LogP contribution in [0.25, 0.3) is 0 Å². The summed E-state index contributed by atoms with van der Waals surface area (Å²) in [6, 6.07) is 8.52. The van der Waals surface area contributed by atoms with Crippen LogP contribution in [-0.2, 0) is 34.2 Å². The van der Waals surface area contributed by atoms with E-state index in [0.717, 1.165) is 33.3 Å². The molecule has 1 aliphatic rings. The topological polar surface area (TPSA) is 88.5 Å². The number of aryl methyl sites for hydroxylation is 2. The molecule has 1 atom stereocenters. The monoisotopic (exact) mass is 417 g/mol. The number of pyridine rings is 1. The summed E-state index contributed by atoms with van der Waals surface area (Å²) in [7, 11) is -0.856. The third kappa shape index (κ3) is 4.76. The maximum atomic E-state index is 12.5. The summed E-state index contributed by atoms with van der Waals surface area (Å²) in [5.41, 5.74) is 3.31. The highest BCUT2D eigenvalue weighted by molar-refractivity contribution is 7.89. The number of rotatable bonds is 6. The fraction of sp³-hybridized carbons (Fsp3) is 0.429. The molecule has 0 saturated heterocycles. The molecule has 1 N–H and O–H groups in total. The first kappa shape index (κ1) is 21.3. The van der Waals surface area contributed by atoms with Crippen molar-refractivity contribution >= 4 is 15.9 Å². The number of amides is 1. The second-order valence-electron chi connectivity index (χ2n) is 7.64. The highest BCUT2D eigenvalue weighted by Gasteiger charge is 2.19. The lowest BCUT2D eigenvalue weighted by molar-refractivity contribution is -0.122. The molecule has 1 aromatic heterocycles. The molecule has 0 spiro atoms. The molecule has 1 aromatic carbocycles. The molecule has 1 heterocycles. The Morgan fingerprint density at radius 3 is 2.52 bits per heavy atom. The minimum atomic E-state index is -3.68. The van der Waals surface area contributed by atoms with E-state index >= 15 is 0 Å². The molecule has 0 radical (unpaired) electrons. The Balaban J connectivity index is 1.73. The lowest BCUT2D eigenvalue weighted by Gasteiger charge is -2.20. The number of hydrogen-bond acceptors (Lipinski definition) is 4. The van der Waals surface area contributed by atoms with Crippen molar-refractivity contribution in [1.82, 2.24) is 14.2 Å². The van der Waals surface area contributed by atoms with Crippen molar-refractivity contribution in [2.45, 2.75) is 50.1 Å². The zero-order valence-electron chi connectivity index (χ0n) is 17.0. The number of nitrogens with zero attached hydrogens (tertiary/aromatic N) is 2. The molecule has 156 valence electrons. The van der Waals surface area contributed by atoms with Gasteiger partial charge in [-0.1, -0.05) is 18.2 Å². The van der Waals surface area contributed by atoms with Crippen LogP contribution in [0.1, 0.15) is 42.5 Å². The van der Waals surface area contributed by atoms with E-state index in [2.05, 4.69) is 17.4 Å². The van der Waals surface area contributed by atoms with Gasteiger partial charge in [-0.05, 0) is 55.4 Å². The first-order valence-corrected chi connectivity index (χ1v) is 11.2. The summed E-state index contributed by atoms with van der Waals surface area (Å²) in [6.07, 6.45) is 5.78. The molecule has 7 nitrogen and oxygen atoms in total. The van der Waals surface area contributed by atoms with Crippen molar-refractivity contribution in [3.05, 3.63) is 63.6 Å². The van der Waals surface area contributed by atoms with Gasteiger partial charge in [-0.15, -0.1) is 0 Å². The van der Waals surface area contributed by atoms with E-state index in [1.807, 2.05) is 13.0 Å². The number of fused-ring (bicyclic) bond motifs is 1. The maximum Gasteiger partial charge on any atom is 0.251 e. The van der Waals surface area contributed by atoms with Gasteiger partial charge in [0.1, 0.15) is 6.54 Å². The molecule has 0 saturated carbocycles. The van der Waals surface area contributed by atoms with Gasteiger partial charge in [0.05, 0.1) is 10.9 Å². The standard InChI is InChI=1S/C21H27N3O4S/c1-15(17-9-8-16-6-4-5-7-18(16)12-17)22-20(25)14-24-13-19(10-11-21(24)26)29(27,28)23(2)3/h8-13,15H,4-7,14H2,1-3H3,(H,22,25)/t15-/m0/s1. The van der Waals surface area contributed by atoms with Crippen molar-refractivity contribution < 1.29 is 13.2 Å². The Morgan fingerprint density at radius 2 is 1.83 bits per heavy atom. The van der Waals surface area contributed by atoms with Gasteiger partial charge < -0.3 is 9.88 Å². The van der Waals surface area contributed by atoms with Crippen LogP contribution >= 0.6 is 0 Å². The lowest BCUT2D eigenvalue weighted by atomic mass is 9.89. The molecule has 0 unspecified atom stereocenters. The van der Waals surface area contributed by atoms with Crippen molar-refractivity contribution in [3.63, 3.8) is 0 Å². The van der Waals surface area contributed by atoms with Crippen LogP contribution in [0, 0.1) is 0 Å². The quantitative estimate of drug-likeness (QED) is 0.777. The van der Waals surface area contributed by atoms with E-state index in [-0.39, 0.29) is 23.4 Å². The van der Waals surface area contributed by atoms with Gasteiger partial charge in [0.2, 0.25) is 15.9 Å². The molecular weight excluding hydrogens is 390 g/mol. The van der Waals surface area contributed by atoms with E-state index in [0.29, 0.717) is 0 Å². The Bertz CT molecular complexity index is 1070. The molecule has 8 heteroatoms. The SMILES string of the molecule is C[C@H](NC(=O)Cn1cc(S(=O)(=O)N(C)C)ccc1=O)c1ccc2c(c1)CCCC2. The van der Waals surface area contributed by atoms with E-state index in [1.165, 1.54) is 50.3 Å². The minimum absolute atomic E-state index is 0.0300. The van der Waals surface area contributed by atoms with Crippen LogP contribution in [0.3, 0.4) is 0 Å². The van der Waals surface area contributed by atoms with Crippen molar-refractivity contribution in [1.29, 1.82) is 0 Å². The summed E-state index contributed by atoms with van der Waals surface area (Å²) in [5.74, 6) is -0.350. The molecule has 0 aliphatic heterocycles. The number of sulfonamides is 1. The normalized spacial score (nSPS) is 15.0. The highest BCUT2D eigenvalue weighted by Crippen LogP contribution is 2.24. The summed E-state index contributed by atoms with van der Waals surface area (Å²) in [6.45, 7) is 1.66. The molecule has 2 aromatic rings. The van der Waals surface area contributed by atoms with Gasteiger partial charge in [-0.25, -0.2) is 12.7 Å². The fourth-order valence-electron chi connectivity index (χ4n) is 3.54. The number of hydrogen-bond donors (Lipinski definition) is 1. The smallest absolute Gasteiger partial charge is 0.251 e. The second-order valence-corrected chi connectivity index (χ2v) is 9.79. The first-order valence-electron chi connectivity index (χ1n) is 9.72. The fourth-order valence-corrected chi connectivity index (χ4v) is 4.47. The van der Waals surface area contributed by atoms with Gasteiger partial charge in [-0.3, -0.25) is 9.59 Å². The molecule has 0 fully saturated rings. The van der Waals surface area contributed by atoms with Crippen LogP contribution in [0.4, 0.5) is 0 Å².